The number of carbonyl (C=O) groups excluding carboxylic acids is 1. The summed E-state index contributed by atoms with van der Waals surface area (Å²) in [6.45, 7) is 3.25. The maximum Gasteiger partial charge on any atom is 0.255 e. The lowest BCUT2D eigenvalue weighted by Crippen LogP contribution is -2.40. The number of hydrogen-bond donors (Lipinski definition) is 1. The van der Waals surface area contributed by atoms with Crippen molar-refractivity contribution in [1.82, 2.24) is 4.31 Å². The number of rotatable bonds is 6. The zero-order valence-electron chi connectivity index (χ0n) is 17.7. The Labute approximate surface area is 183 Å². The smallest absolute Gasteiger partial charge is 0.255 e. The van der Waals surface area contributed by atoms with Crippen LogP contribution >= 0.6 is 0 Å². The highest BCUT2D eigenvalue weighted by atomic mass is 32.2. The van der Waals surface area contributed by atoms with Crippen molar-refractivity contribution in [1.29, 1.82) is 0 Å². The number of morpholine rings is 1. The zero-order chi connectivity index (χ0) is 21.8. The average Bonchev–Trinajstić information content (AvgIpc) is 3.29. The second kappa shape index (κ2) is 9.38. The molecule has 0 atom stereocenters. The molecule has 1 N–H and O–H groups in total. The fraction of sp³-hybridized carbons (Fsp3) is 0.435. The molecular weight excluding hydrogens is 416 g/mol. The van der Waals surface area contributed by atoms with E-state index in [4.69, 9.17) is 9.47 Å². The first-order valence-electron chi connectivity index (χ1n) is 10.7. The van der Waals surface area contributed by atoms with E-state index in [9.17, 15) is 13.2 Å². The number of amides is 1. The SMILES string of the molecule is Cc1ccc(S(=O)(=O)N2CCOCC2)cc1NC(=O)c1ccc(OC2CCCC2)cc1. The molecule has 0 aromatic heterocycles. The molecule has 1 saturated heterocycles. The van der Waals surface area contributed by atoms with Gasteiger partial charge in [-0.15, -0.1) is 0 Å². The minimum Gasteiger partial charge on any atom is -0.490 e. The molecule has 2 fully saturated rings. The van der Waals surface area contributed by atoms with Crippen molar-refractivity contribution in [3.8, 4) is 5.75 Å². The lowest BCUT2D eigenvalue weighted by atomic mass is 10.1. The van der Waals surface area contributed by atoms with Crippen LogP contribution in [0.4, 0.5) is 5.69 Å². The van der Waals surface area contributed by atoms with Crippen molar-refractivity contribution in [3.63, 3.8) is 0 Å². The summed E-state index contributed by atoms with van der Waals surface area (Å²) >= 11 is 0. The van der Waals surface area contributed by atoms with Gasteiger partial charge in [-0.2, -0.15) is 4.31 Å². The molecule has 31 heavy (non-hydrogen) atoms. The van der Waals surface area contributed by atoms with Gasteiger partial charge in [-0.1, -0.05) is 6.07 Å². The molecule has 166 valence electrons. The number of carbonyl (C=O) groups is 1. The monoisotopic (exact) mass is 444 g/mol. The Morgan fingerprint density at radius 3 is 2.42 bits per heavy atom. The Hall–Kier alpha value is -2.42. The second-order valence-electron chi connectivity index (χ2n) is 8.00. The minimum atomic E-state index is -3.63. The first kappa shape index (κ1) is 21.8. The molecule has 0 radical (unpaired) electrons. The van der Waals surface area contributed by atoms with Crippen molar-refractivity contribution in [2.75, 3.05) is 31.6 Å². The van der Waals surface area contributed by atoms with Gasteiger partial charge in [0.1, 0.15) is 5.75 Å². The standard InChI is InChI=1S/C23H28N2O5S/c1-17-6-11-21(31(27,28)25-12-14-29-15-13-25)16-22(17)24-23(26)18-7-9-20(10-8-18)30-19-4-2-3-5-19/h6-11,16,19H,2-5,12-15H2,1H3,(H,24,26). The first-order valence-corrected chi connectivity index (χ1v) is 12.1. The van der Waals surface area contributed by atoms with Crippen LogP contribution in [0.3, 0.4) is 0 Å². The Morgan fingerprint density at radius 1 is 1.06 bits per heavy atom. The zero-order valence-corrected chi connectivity index (χ0v) is 18.5. The van der Waals surface area contributed by atoms with Crippen LogP contribution in [0.2, 0.25) is 0 Å². The van der Waals surface area contributed by atoms with Crippen molar-refractivity contribution in [3.05, 3.63) is 53.6 Å². The van der Waals surface area contributed by atoms with E-state index in [1.54, 1.807) is 36.4 Å². The average molecular weight is 445 g/mol. The maximum atomic E-state index is 12.9. The number of nitrogens with one attached hydrogen (secondary N) is 1. The van der Waals surface area contributed by atoms with Crippen LogP contribution in [0.25, 0.3) is 0 Å². The highest BCUT2D eigenvalue weighted by Gasteiger charge is 2.27. The van der Waals surface area contributed by atoms with Gasteiger partial charge in [-0.05, 0) is 74.6 Å². The molecular formula is C23H28N2O5S. The Balaban J connectivity index is 1.47. The number of sulfonamides is 1. The molecule has 1 aliphatic carbocycles. The van der Waals surface area contributed by atoms with Gasteiger partial charge in [-0.3, -0.25) is 4.79 Å². The van der Waals surface area contributed by atoms with Gasteiger partial charge in [0.25, 0.3) is 5.91 Å². The predicted octanol–water partition coefficient (Wildman–Crippen LogP) is 3.59. The van der Waals surface area contributed by atoms with Gasteiger partial charge in [0.05, 0.1) is 24.2 Å². The summed E-state index contributed by atoms with van der Waals surface area (Å²) in [5, 5.41) is 2.85. The van der Waals surface area contributed by atoms with Crippen molar-refractivity contribution in [2.45, 2.75) is 43.6 Å². The summed E-state index contributed by atoms with van der Waals surface area (Å²) in [6, 6.07) is 11.9. The first-order chi connectivity index (χ1) is 14.9. The van der Waals surface area contributed by atoms with Crippen molar-refractivity contribution >= 4 is 21.6 Å². The van der Waals surface area contributed by atoms with Gasteiger partial charge in [0, 0.05) is 24.3 Å². The van der Waals surface area contributed by atoms with E-state index in [2.05, 4.69) is 5.32 Å². The second-order valence-corrected chi connectivity index (χ2v) is 9.93. The van der Waals surface area contributed by atoms with E-state index < -0.39 is 10.0 Å². The number of benzene rings is 2. The normalized spacial score (nSPS) is 18.1. The molecule has 2 aliphatic rings. The van der Waals surface area contributed by atoms with Crippen LogP contribution in [0.15, 0.2) is 47.4 Å². The van der Waals surface area contributed by atoms with Crippen molar-refractivity contribution in [2.24, 2.45) is 0 Å². The fourth-order valence-corrected chi connectivity index (χ4v) is 5.35. The summed E-state index contributed by atoms with van der Waals surface area (Å²) in [5.41, 5.74) is 1.75. The summed E-state index contributed by atoms with van der Waals surface area (Å²) in [4.78, 5) is 12.9. The maximum absolute atomic E-state index is 12.9. The van der Waals surface area contributed by atoms with Crippen LogP contribution in [0.5, 0.6) is 5.75 Å². The van der Waals surface area contributed by atoms with Crippen LogP contribution in [0, 0.1) is 6.92 Å². The van der Waals surface area contributed by atoms with Gasteiger partial charge in [0.2, 0.25) is 10.0 Å². The molecule has 4 rings (SSSR count). The molecule has 0 bridgehead atoms. The number of nitrogens with zero attached hydrogens (tertiary/aromatic N) is 1. The Bertz CT molecular complexity index is 1020. The Kier molecular flexibility index (Phi) is 6.60. The summed E-state index contributed by atoms with van der Waals surface area (Å²) < 4.78 is 38.5. The third-order valence-corrected chi connectivity index (χ3v) is 7.68. The number of anilines is 1. The van der Waals surface area contributed by atoms with E-state index in [0.29, 0.717) is 37.6 Å². The van der Waals surface area contributed by atoms with Crippen LogP contribution in [-0.4, -0.2) is 51.0 Å². The fourth-order valence-electron chi connectivity index (χ4n) is 3.91. The largest absolute Gasteiger partial charge is 0.490 e. The van der Waals surface area contributed by atoms with Crippen LogP contribution < -0.4 is 10.1 Å². The van der Waals surface area contributed by atoms with Crippen molar-refractivity contribution < 1.29 is 22.7 Å². The quantitative estimate of drug-likeness (QED) is 0.736. The van der Waals surface area contributed by atoms with E-state index in [0.717, 1.165) is 24.2 Å². The molecule has 2 aromatic rings. The van der Waals surface area contributed by atoms with Gasteiger partial charge in [0.15, 0.2) is 0 Å². The lowest BCUT2D eigenvalue weighted by molar-refractivity contribution is 0.0730. The Morgan fingerprint density at radius 2 is 1.74 bits per heavy atom. The summed E-state index contributed by atoms with van der Waals surface area (Å²) in [6.07, 6.45) is 4.81. The van der Waals surface area contributed by atoms with Gasteiger partial charge in [-0.25, -0.2) is 8.42 Å². The number of ether oxygens (including phenoxy) is 2. The summed E-state index contributed by atoms with van der Waals surface area (Å²) in [7, 11) is -3.63. The van der Waals surface area contributed by atoms with Gasteiger partial charge >= 0.3 is 0 Å². The highest BCUT2D eigenvalue weighted by molar-refractivity contribution is 7.89. The molecule has 2 aromatic carbocycles. The third kappa shape index (κ3) is 5.08. The topological polar surface area (TPSA) is 84.9 Å². The van der Waals surface area contributed by atoms with E-state index >= 15 is 0 Å². The number of aryl methyl sites for hydroxylation is 1. The molecule has 0 spiro atoms. The predicted molar refractivity (Wildman–Crippen MR) is 118 cm³/mol. The van der Waals surface area contributed by atoms with E-state index in [1.165, 1.54) is 23.2 Å². The molecule has 1 amide bonds. The molecule has 7 nitrogen and oxygen atoms in total. The van der Waals surface area contributed by atoms with Crippen LogP contribution in [0.1, 0.15) is 41.6 Å². The number of hydrogen-bond acceptors (Lipinski definition) is 5. The van der Waals surface area contributed by atoms with Gasteiger partial charge < -0.3 is 14.8 Å². The highest BCUT2D eigenvalue weighted by Crippen LogP contribution is 2.26. The molecule has 1 aliphatic heterocycles. The molecule has 1 heterocycles. The van der Waals surface area contributed by atoms with E-state index in [-0.39, 0.29) is 16.9 Å². The minimum absolute atomic E-state index is 0.163. The lowest BCUT2D eigenvalue weighted by Gasteiger charge is -2.26. The molecule has 8 heteroatoms. The molecule has 1 saturated carbocycles. The van der Waals surface area contributed by atoms with E-state index in [1.807, 2.05) is 6.92 Å². The van der Waals surface area contributed by atoms with Crippen LogP contribution in [-0.2, 0) is 14.8 Å². The third-order valence-electron chi connectivity index (χ3n) is 5.79. The summed E-state index contributed by atoms with van der Waals surface area (Å²) in [5.74, 6) is 0.467. The molecule has 0 unspecified atom stereocenters.